The van der Waals surface area contributed by atoms with Crippen molar-refractivity contribution in [3.05, 3.63) is 41.5 Å². The van der Waals surface area contributed by atoms with Crippen molar-refractivity contribution in [3.8, 4) is 6.07 Å². The predicted octanol–water partition coefficient (Wildman–Crippen LogP) is 2.26. The van der Waals surface area contributed by atoms with Crippen LogP contribution in [0, 0.1) is 11.3 Å². The molecule has 1 heterocycles. The molecule has 0 saturated carbocycles. The Labute approximate surface area is 108 Å². The standard InChI is InChI=1S/C12H10N4OS/c1-18-12-9(7-13)10(15-16-12)14-11(17)8-5-3-2-4-6-8/h2-6H,1H3,(H2,14,15,16,17). The van der Waals surface area contributed by atoms with Gasteiger partial charge in [-0.05, 0) is 18.4 Å². The highest BCUT2D eigenvalue weighted by Crippen LogP contribution is 2.23. The Morgan fingerprint density at radius 3 is 2.78 bits per heavy atom. The lowest BCUT2D eigenvalue weighted by Gasteiger charge is -2.02. The van der Waals surface area contributed by atoms with E-state index >= 15 is 0 Å². The lowest BCUT2D eigenvalue weighted by Crippen LogP contribution is -2.12. The van der Waals surface area contributed by atoms with Gasteiger partial charge < -0.3 is 5.32 Å². The van der Waals surface area contributed by atoms with Gasteiger partial charge in [-0.2, -0.15) is 10.4 Å². The first-order valence-corrected chi connectivity index (χ1v) is 6.37. The molecule has 5 nitrogen and oxygen atoms in total. The molecule has 0 bridgehead atoms. The first kappa shape index (κ1) is 12.2. The van der Waals surface area contributed by atoms with E-state index in [0.29, 0.717) is 22.0 Å². The maximum Gasteiger partial charge on any atom is 0.256 e. The summed E-state index contributed by atoms with van der Waals surface area (Å²) in [6.45, 7) is 0. The van der Waals surface area contributed by atoms with E-state index in [2.05, 4.69) is 15.5 Å². The smallest absolute Gasteiger partial charge is 0.256 e. The molecular weight excluding hydrogens is 248 g/mol. The molecular formula is C12H10N4OS. The molecule has 2 rings (SSSR count). The van der Waals surface area contributed by atoms with Gasteiger partial charge in [0.25, 0.3) is 5.91 Å². The lowest BCUT2D eigenvalue weighted by atomic mass is 10.2. The molecule has 2 aromatic rings. The van der Waals surface area contributed by atoms with Crippen molar-refractivity contribution in [1.82, 2.24) is 10.2 Å². The van der Waals surface area contributed by atoms with Crippen LogP contribution in [0.25, 0.3) is 0 Å². The molecule has 0 saturated heterocycles. The molecule has 1 aromatic heterocycles. The molecule has 0 aliphatic rings. The Morgan fingerprint density at radius 2 is 2.17 bits per heavy atom. The second kappa shape index (κ2) is 5.38. The van der Waals surface area contributed by atoms with Gasteiger partial charge in [-0.3, -0.25) is 9.89 Å². The minimum Gasteiger partial charge on any atom is -0.306 e. The normalized spacial score (nSPS) is 9.78. The van der Waals surface area contributed by atoms with Gasteiger partial charge in [0.15, 0.2) is 0 Å². The van der Waals surface area contributed by atoms with Gasteiger partial charge in [0.05, 0.1) is 0 Å². The number of nitrogens with one attached hydrogen (secondary N) is 2. The molecule has 18 heavy (non-hydrogen) atoms. The van der Waals surface area contributed by atoms with Crippen molar-refractivity contribution < 1.29 is 4.79 Å². The van der Waals surface area contributed by atoms with Crippen LogP contribution in [0.4, 0.5) is 5.82 Å². The molecule has 6 heteroatoms. The average Bonchev–Trinajstić information content (AvgIpc) is 2.81. The number of H-pyrrole nitrogens is 1. The Balaban J connectivity index is 2.23. The number of nitriles is 1. The highest BCUT2D eigenvalue weighted by molar-refractivity contribution is 7.98. The van der Waals surface area contributed by atoms with Gasteiger partial charge in [0, 0.05) is 5.56 Å². The largest absolute Gasteiger partial charge is 0.306 e. The second-order valence-electron chi connectivity index (χ2n) is 3.41. The first-order chi connectivity index (χ1) is 8.76. The monoisotopic (exact) mass is 258 g/mol. The van der Waals surface area contributed by atoms with Crippen molar-refractivity contribution in [2.24, 2.45) is 0 Å². The zero-order chi connectivity index (χ0) is 13.0. The summed E-state index contributed by atoms with van der Waals surface area (Å²) in [5, 5.41) is 18.8. The third-order valence-corrected chi connectivity index (χ3v) is 2.99. The fraction of sp³-hybridized carbons (Fsp3) is 0.0833. The fourth-order valence-corrected chi connectivity index (χ4v) is 1.93. The van der Waals surface area contributed by atoms with Crippen LogP contribution in [-0.4, -0.2) is 22.4 Å². The number of hydrogen-bond donors (Lipinski definition) is 2. The molecule has 0 radical (unpaired) electrons. The SMILES string of the molecule is CSc1n[nH]c(NC(=O)c2ccccc2)c1C#N. The molecule has 0 atom stereocenters. The third kappa shape index (κ3) is 2.36. The summed E-state index contributed by atoms with van der Waals surface area (Å²) in [6, 6.07) is 10.8. The first-order valence-electron chi connectivity index (χ1n) is 5.15. The van der Waals surface area contributed by atoms with Crippen molar-refractivity contribution >= 4 is 23.5 Å². The van der Waals surface area contributed by atoms with Gasteiger partial charge in [0.1, 0.15) is 22.5 Å². The van der Waals surface area contributed by atoms with E-state index < -0.39 is 0 Å². The van der Waals surface area contributed by atoms with Gasteiger partial charge in [-0.15, -0.1) is 11.8 Å². The Morgan fingerprint density at radius 1 is 1.44 bits per heavy atom. The fourth-order valence-electron chi connectivity index (χ4n) is 1.44. The minimum atomic E-state index is -0.275. The summed E-state index contributed by atoms with van der Waals surface area (Å²) in [7, 11) is 0. The van der Waals surface area contributed by atoms with E-state index in [0.717, 1.165) is 0 Å². The zero-order valence-electron chi connectivity index (χ0n) is 9.60. The number of hydrogen-bond acceptors (Lipinski definition) is 4. The van der Waals surface area contributed by atoms with Gasteiger partial charge in [0.2, 0.25) is 0 Å². The van der Waals surface area contributed by atoms with Crippen LogP contribution in [-0.2, 0) is 0 Å². The van der Waals surface area contributed by atoms with Crippen LogP contribution in [0.15, 0.2) is 35.4 Å². The van der Waals surface area contributed by atoms with Crippen molar-refractivity contribution in [3.63, 3.8) is 0 Å². The lowest BCUT2D eigenvalue weighted by molar-refractivity contribution is 0.102. The van der Waals surface area contributed by atoms with Gasteiger partial charge in [-0.1, -0.05) is 18.2 Å². The summed E-state index contributed by atoms with van der Waals surface area (Å²) in [6.07, 6.45) is 1.82. The third-order valence-electron chi connectivity index (χ3n) is 2.31. The number of anilines is 1. The van der Waals surface area contributed by atoms with Crippen molar-refractivity contribution in [2.45, 2.75) is 5.03 Å². The zero-order valence-corrected chi connectivity index (χ0v) is 10.4. The number of rotatable bonds is 3. The summed E-state index contributed by atoms with van der Waals surface area (Å²) < 4.78 is 0. The summed E-state index contributed by atoms with van der Waals surface area (Å²) in [5.41, 5.74) is 0.883. The second-order valence-corrected chi connectivity index (χ2v) is 4.21. The van der Waals surface area contributed by atoms with E-state index in [-0.39, 0.29) is 5.91 Å². The number of benzene rings is 1. The molecule has 1 aromatic carbocycles. The predicted molar refractivity (Wildman–Crippen MR) is 69.5 cm³/mol. The molecule has 0 aliphatic carbocycles. The van der Waals surface area contributed by atoms with E-state index in [4.69, 9.17) is 5.26 Å². The van der Waals surface area contributed by atoms with Crippen LogP contribution in [0.5, 0.6) is 0 Å². The molecule has 0 fully saturated rings. The van der Waals surface area contributed by atoms with E-state index in [1.807, 2.05) is 18.4 Å². The van der Waals surface area contributed by atoms with Gasteiger partial charge in [-0.25, -0.2) is 0 Å². The number of nitrogens with zero attached hydrogens (tertiary/aromatic N) is 2. The summed E-state index contributed by atoms with van der Waals surface area (Å²) in [5.74, 6) is 0.0547. The molecule has 0 unspecified atom stereocenters. The molecule has 2 N–H and O–H groups in total. The number of amides is 1. The van der Waals surface area contributed by atoms with Crippen LogP contribution in [0.2, 0.25) is 0 Å². The Kier molecular flexibility index (Phi) is 3.65. The maximum atomic E-state index is 11.9. The van der Waals surface area contributed by atoms with Gasteiger partial charge >= 0.3 is 0 Å². The molecule has 1 amide bonds. The van der Waals surface area contributed by atoms with Crippen LogP contribution < -0.4 is 5.32 Å². The number of carbonyl (C=O) groups is 1. The molecule has 0 spiro atoms. The van der Waals surface area contributed by atoms with E-state index in [1.54, 1.807) is 24.3 Å². The minimum absolute atomic E-state index is 0.275. The number of aromatic amines is 1. The average molecular weight is 258 g/mol. The Hall–Kier alpha value is -2.26. The van der Waals surface area contributed by atoms with Crippen molar-refractivity contribution in [2.75, 3.05) is 11.6 Å². The Bertz CT molecular complexity index is 600. The number of carbonyl (C=O) groups excluding carboxylic acids is 1. The molecule has 90 valence electrons. The summed E-state index contributed by atoms with van der Waals surface area (Å²) >= 11 is 1.35. The topological polar surface area (TPSA) is 81.6 Å². The summed E-state index contributed by atoms with van der Waals surface area (Å²) in [4.78, 5) is 11.9. The number of aromatic nitrogens is 2. The molecule has 0 aliphatic heterocycles. The highest BCUT2D eigenvalue weighted by Gasteiger charge is 2.15. The van der Waals surface area contributed by atoms with E-state index in [9.17, 15) is 4.79 Å². The van der Waals surface area contributed by atoms with Crippen LogP contribution in [0.1, 0.15) is 15.9 Å². The highest BCUT2D eigenvalue weighted by atomic mass is 32.2. The number of thioether (sulfide) groups is 1. The van der Waals surface area contributed by atoms with Crippen molar-refractivity contribution in [1.29, 1.82) is 5.26 Å². The van der Waals surface area contributed by atoms with Crippen LogP contribution >= 0.6 is 11.8 Å². The quantitative estimate of drug-likeness (QED) is 0.827. The van der Waals surface area contributed by atoms with Crippen LogP contribution in [0.3, 0.4) is 0 Å². The maximum absolute atomic E-state index is 11.9. The van der Waals surface area contributed by atoms with E-state index in [1.165, 1.54) is 11.8 Å².